The topological polar surface area (TPSA) is 76.1 Å². The molecule has 1 unspecified atom stereocenters. The molecule has 2 aromatic carbocycles. The largest absolute Gasteiger partial charge is 0.507 e. The number of likely N-dealkylation sites (tertiary alicyclic amines) is 1. The van der Waals surface area contributed by atoms with Gasteiger partial charge in [0.25, 0.3) is 11.7 Å². The van der Waals surface area contributed by atoms with E-state index >= 15 is 0 Å². The lowest BCUT2D eigenvalue weighted by molar-refractivity contribution is -0.140. The van der Waals surface area contributed by atoms with Crippen molar-refractivity contribution in [1.82, 2.24) is 4.90 Å². The van der Waals surface area contributed by atoms with Gasteiger partial charge in [-0.3, -0.25) is 9.59 Å². The molecule has 1 heterocycles. The first-order valence-electron chi connectivity index (χ1n) is 9.98. The summed E-state index contributed by atoms with van der Waals surface area (Å²) in [5.74, 6) is -1.17. The maximum absolute atomic E-state index is 13.1. The minimum absolute atomic E-state index is 0.0352. The van der Waals surface area contributed by atoms with E-state index < -0.39 is 17.7 Å². The summed E-state index contributed by atoms with van der Waals surface area (Å²) in [5.41, 5.74) is 2.83. The predicted molar refractivity (Wildman–Crippen MR) is 119 cm³/mol. The van der Waals surface area contributed by atoms with Crippen LogP contribution in [-0.2, 0) is 14.3 Å². The number of ether oxygens (including phenoxy) is 2. The Labute approximate surface area is 187 Å². The number of Topliss-reactive ketones (excluding diaryl/α,β-unsaturated/α-hetero) is 1. The second kappa shape index (κ2) is 9.54. The Morgan fingerprint density at radius 2 is 1.81 bits per heavy atom. The fraction of sp³-hybridized carbons (Fsp3) is 0.333. The Balaban J connectivity index is 2.21. The highest BCUT2D eigenvalue weighted by atomic mass is 35.5. The zero-order chi connectivity index (χ0) is 22.7. The van der Waals surface area contributed by atoms with E-state index in [9.17, 15) is 14.7 Å². The SMILES string of the molecule is COCCCN1C(=O)C(=O)/C(=C(/O)c2cc(C)cc(C)c2OC)C1c1ccc(Cl)cc1. The number of carbonyl (C=O) groups excluding carboxylic acids is 2. The monoisotopic (exact) mass is 443 g/mol. The van der Waals surface area contributed by atoms with Crippen molar-refractivity contribution in [3.63, 3.8) is 0 Å². The van der Waals surface area contributed by atoms with E-state index in [4.69, 9.17) is 21.1 Å². The fourth-order valence-electron chi connectivity index (χ4n) is 4.03. The normalized spacial score (nSPS) is 18.0. The number of aliphatic hydroxyl groups excluding tert-OH is 1. The van der Waals surface area contributed by atoms with Crippen molar-refractivity contribution in [2.24, 2.45) is 0 Å². The highest BCUT2D eigenvalue weighted by Gasteiger charge is 2.46. The lowest BCUT2D eigenvalue weighted by Gasteiger charge is -2.25. The Hall–Kier alpha value is -2.83. The maximum Gasteiger partial charge on any atom is 0.295 e. The van der Waals surface area contributed by atoms with Crippen molar-refractivity contribution >= 4 is 29.1 Å². The second-order valence-corrected chi connectivity index (χ2v) is 7.99. The molecular weight excluding hydrogens is 418 g/mol. The Morgan fingerprint density at radius 1 is 1.13 bits per heavy atom. The van der Waals surface area contributed by atoms with E-state index in [0.717, 1.165) is 11.1 Å². The van der Waals surface area contributed by atoms with Crippen molar-refractivity contribution in [2.45, 2.75) is 26.3 Å². The maximum atomic E-state index is 13.1. The molecule has 3 rings (SSSR count). The number of aliphatic hydroxyl groups is 1. The first kappa shape index (κ1) is 22.8. The zero-order valence-electron chi connectivity index (χ0n) is 18.1. The van der Waals surface area contributed by atoms with Gasteiger partial charge in [0.15, 0.2) is 0 Å². The summed E-state index contributed by atoms with van der Waals surface area (Å²) < 4.78 is 10.6. The molecule has 1 N–H and O–H groups in total. The molecule has 0 aliphatic carbocycles. The zero-order valence-corrected chi connectivity index (χ0v) is 18.8. The van der Waals surface area contributed by atoms with E-state index in [2.05, 4.69) is 0 Å². The van der Waals surface area contributed by atoms with E-state index in [1.54, 1.807) is 37.4 Å². The third kappa shape index (κ3) is 4.45. The molecule has 7 heteroatoms. The molecule has 1 fully saturated rings. The van der Waals surface area contributed by atoms with Crippen LogP contribution in [0, 0.1) is 13.8 Å². The van der Waals surface area contributed by atoms with Crippen LogP contribution in [0.2, 0.25) is 5.02 Å². The van der Waals surface area contributed by atoms with Gasteiger partial charge in [-0.2, -0.15) is 0 Å². The summed E-state index contributed by atoms with van der Waals surface area (Å²) in [6.07, 6.45) is 0.556. The number of rotatable bonds is 7. The molecule has 1 saturated heterocycles. The molecule has 1 aliphatic heterocycles. The van der Waals surface area contributed by atoms with Gasteiger partial charge in [0.05, 0.1) is 24.3 Å². The smallest absolute Gasteiger partial charge is 0.295 e. The van der Waals surface area contributed by atoms with Gasteiger partial charge in [-0.1, -0.05) is 29.8 Å². The molecule has 0 saturated carbocycles. The van der Waals surface area contributed by atoms with Crippen LogP contribution in [0.4, 0.5) is 0 Å². The number of hydrogen-bond acceptors (Lipinski definition) is 5. The summed E-state index contributed by atoms with van der Waals surface area (Å²) in [6.45, 7) is 4.51. The first-order chi connectivity index (χ1) is 14.8. The van der Waals surface area contributed by atoms with E-state index in [0.29, 0.717) is 41.5 Å². The number of carbonyl (C=O) groups is 2. The molecule has 0 aromatic heterocycles. The summed E-state index contributed by atoms with van der Waals surface area (Å²) in [5, 5.41) is 11.8. The molecule has 164 valence electrons. The van der Waals surface area contributed by atoms with Gasteiger partial charge in [0, 0.05) is 25.3 Å². The van der Waals surface area contributed by atoms with Crippen molar-refractivity contribution < 1.29 is 24.2 Å². The number of nitrogens with zero attached hydrogens (tertiary/aromatic N) is 1. The highest BCUT2D eigenvalue weighted by molar-refractivity contribution is 6.46. The number of hydrogen-bond donors (Lipinski definition) is 1. The third-order valence-electron chi connectivity index (χ3n) is 5.35. The van der Waals surface area contributed by atoms with Crippen molar-refractivity contribution in [3.8, 4) is 5.75 Å². The van der Waals surface area contributed by atoms with Gasteiger partial charge in [0.1, 0.15) is 11.5 Å². The number of ketones is 1. The van der Waals surface area contributed by atoms with Crippen LogP contribution in [0.25, 0.3) is 5.76 Å². The van der Waals surface area contributed by atoms with Crippen LogP contribution in [0.1, 0.15) is 34.7 Å². The van der Waals surface area contributed by atoms with Crippen molar-refractivity contribution in [2.75, 3.05) is 27.4 Å². The molecule has 1 amide bonds. The van der Waals surface area contributed by atoms with Gasteiger partial charge >= 0.3 is 0 Å². The molecule has 2 aromatic rings. The standard InChI is InChI=1S/C24H26ClNO5/c1-14-12-15(2)23(31-4)18(13-14)21(27)19-20(16-6-8-17(25)9-7-16)26(10-5-11-30-3)24(29)22(19)28/h6-9,12-13,20,27H,5,10-11H2,1-4H3/b21-19+. The minimum Gasteiger partial charge on any atom is -0.507 e. The van der Waals surface area contributed by atoms with Crippen LogP contribution in [0.15, 0.2) is 42.0 Å². The second-order valence-electron chi connectivity index (χ2n) is 7.55. The Bertz CT molecular complexity index is 1030. The van der Waals surface area contributed by atoms with Crippen molar-refractivity contribution in [1.29, 1.82) is 0 Å². The number of methoxy groups -OCH3 is 2. The quantitative estimate of drug-likeness (QED) is 0.296. The average molecular weight is 444 g/mol. The van der Waals surface area contributed by atoms with E-state index in [-0.39, 0.29) is 11.3 Å². The van der Waals surface area contributed by atoms with Crippen LogP contribution in [-0.4, -0.2) is 49.1 Å². The molecule has 6 nitrogen and oxygen atoms in total. The average Bonchev–Trinajstić information content (AvgIpc) is 2.98. The fourth-order valence-corrected chi connectivity index (χ4v) is 4.15. The van der Waals surface area contributed by atoms with E-state index in [1.807, 2.05) is 19.9 Å². The first-order valence-corrected chi connectivity index (χ1v) is 10.4. The summed E-state index contributed by atoms with van der Waals surface area (Å²) in [7, 11) is 3.09. The lowest BCUT2D eigenvalue weighted by Crippen LogP contribution is -2.31. The molecule has 1 aliphatic rings. The van der Waals surface area contributed by atoms with Crippen LogP contribution >= 0.6 is 11.6 Å². The summed E-state index contributed by atoms with van der Waals surface area (Å²) in [6, 6.07) is 9.85. The highest BCUT2D eigenvalue weighted by Crippen LogP contribution is 2.42. The van der Waals surface area contributed by atoms with Gasteiger partial charge in [-0.15, -0.1) is 0 Å². The van der Waals surface area contributed by atoms with Crippen LogP contribution in [0.3, 0.4) is 0 Å². The summed E-state index contributed by atoms with van der Waals surface area (Å²) >= 11 is 6.04. The van der Waals surface area contributed by atoms with Crippen LogP contribution < -0.4 is 4.74 Å². The van der Waals surface area contributed by atoms with Gasteiger partial charge in [-0.05, 0) is 55.2 Å². The Kier molecular flexibility index (Phi) is 7.03. The number of halogens is 1. The number of benzene rings is 2. The van der Waals surface area contributed by atoms with Crippen molar-refractivity contribution in [3.05, 3.63) is 69.2 Å². The number of aryl methyl sites for hydroxylation is 2. The minimum atomic E-state index is -0.736. The Morgan fingerprint density at radius 3 is 2.42 bits per heavy atom. The molecule has 0 bridgehead atoms. The molecule has 0 spiro atoms. The molecule has 1 atom stereocenters. The third-order valence-corrected chi connectivity index (χ3v) is 5.60. The summed E-state index contributed by atoms with van der Waals surface area (Å²) in [4.78, 5) is 27.5. The molecule has 0 radical (unpaired) electrons. The number of amides is 1. The predicted octanol–water partition coefficient (Wildman–Crippen LogP) is 4.42. The molecule has 31 heavy (non-hydrogen) atoms. The van der Waals surface area contributed by atoms with E-state index in [1.165, 1.54) is 12.0 Å². The molecular formula is C24H26ClNO5. The lowest BCUT2D eigenvalue weighted by atomic mass is 9.93. The van der Waals surface area contributed by atoms with Gasteiger partial charge < -0.3 is 19.5 Å². The van der Waals surface area contributed by atoms with Gasteiger partial charge in [0.2, 0.25) is 0 Å². The van der Waals surface area contributed by atoms with Crippen LogP contribution in [0.5, 0.6) is 5.75 Å². The van der Waals surface area contributed by atoms with Gasteiger partial charge in [-0.25, -0.2) is 0 Å².